The molecule has 0 heterocycles. The van der Waals surface area contributed by atoms with E-state index in [1.165, 1.54) is 7.11 Å². The third-order valence-electron chi connectivity index (χ3n) is 4.31. The van der Waals surface area contributed by atoms with Crippen molar-refractivity contribution in [3.63, 3.8) is 0 Å². The first-order chi connectivity index (χ1) is 15.1. The fraction of sp³-hybridized carbons (Fsp3) is 0.348. The Hall–Kier alpha value is -3.59. The number of ether oxygens (including phenoxy) is 2. The molecule has 2 atom stereocenters. The van der Waals surface area contributed by atoms with E-state index in [9.17, 15) is 14.4 Å². The van der Waals surface area contributed by atoms with Gasteiger partial charge in [-0.05, 0) is 35.6 Å². The van der Waals surface area contributed by atoms with Gasteiger partial charge in [0.2, 0.25) is 0 Å². The molecule has 0 aromatic heterocycles. The normalized spacial score (nSPS) is 12.0. The van der Waals surface area contributed by atoms with Crippen molar-refractivity contribution in [1.82, 2.24) is 5.32 Å². The quantitative estimate of drug-likeness (QED) is 0.452. The molecule has 0 unspecified atom stereocenters. The zero-order valence-corrected chi connectivity index (χ0v) is 18.4. The molecule has 32 heavy (non-hydrogen) atoms. The van der Waals surface area contributed by atoms with Crippen molar-refractivity contribution in [1.29, 1.82) is 0 Å². The van der Waals surface area contributed by atoms with E-state index in [1.54, 1.807) is 38.1 Å². The maximum atomic E-state index is 11.4. The van der Waals surface area contributed by atoms with Crippen molar-refractivity contribution in [2.75, 3.05) is 7.11 Å². The molecule has 2 aromatic rings. The summed E-state index contributed by atoms with van der Waals surface area (Å²) in [4.78, 5) is 33.3. The molecule has 5 N–H and O–H groups in total. The zero-order valence-electron chi connectivity index (χ0n) is 18.4. The highest BCUT2D eigenvalue weighted by atomic mass is 16.5. The second kappa shape index (κ2) is 13.7. The Morgan fingerprint density at radius 2 is 1.59 bits per heavy atom. The van der Waals surface area contributed by atoms with Crippen LogP contribution in [0.15, 0.2) is 54.6 Å². The van der Waals surface area contributed by atoms with E-state index in [0.717, 1.165) is 11.1 Å². The van der Waals surface area contributed by atoms with Crippen LogP contribution in [0.4, 0.5) is 4.79 Å². The molecule has 9 heteroatoms. The number of phenols is 1. The van der Waals surface area contributed by atoms with Gasteiger partial charge in [-0.25, -0.2) is 9.59 Å². The summed E-state index contributed by atoms with van der Waals surface area (Å²) in [5.41, 5.74) is 7.30. The fourth-order valence-corrected chi connectivity index (χ4v) is 2.53. The summed E-state index contributed by atoms with van der Waals surface area (Å²) < 4.78 is 9.44. The first kappa shape index (κ1) is 26.4. The van der Waals surface area contributed by atoms with Gasteiger partial charge in [0, 0.05) is 0 Å². The number of carbonyl (C=O) groups is 3. The van der Waals surface area contributed by atoms with Crippen LogP contribution in [0.1, 0.15) is 25.0 Å². The summed E-state index contributed by atoms with van der Waals surface area (Å²) in [6.07, 6.45) is -0.313. The van der Waals surface area contributed by atoms with Gasteiger partial charge >= 0.3 is 18.0 Å². The number of alkyl carbamates (subject to hydrolysis) is 1. The molecular formula is C23H30N2O7. The molecule has 0 fully saturated rings. The SMILES string of the molecule is CC(C)[C@H](NC(=O)OCc1ccccc1)C(=O)O.COC(=O)[C@@H](N)Cc1ccc(O)cc1. The van der Waals surface area contributed by atoms with Gasteiger partial charge < -0.3 is 30.7 Å². The molecule has 2 rings (SSSR count). The van der Waals surface area contributed by atoms with Crippen LogP contribution in [-0.4, -0.2) is 47.4 Å². The van der Waals surface area contributed by atoms with Crippen molar-refractivity contribution >= 4 is 18.0 Å². The van der Waals surface area contributed by atoms with Crippen molar-refractivity contribution < 1.29 is 34.1 Å². The van der Waals surface area contributed by atoms with Crippen LogP contribution in [0.5, 0.6) is 5.75 Å². The minimum absolute atomic E-state index is 0.122. The van der Waals surface area contributed by atoms with Gasteiger partial charge in [0.25, 0.3) is 0 Å². The Labute approximate surface area is 187 Å². The molecular weight excluding hydrogens is 416 g/mol. The number of carbonyl (C=O) groups excluding carboxylic acids is 2. The van der Waals surface area contributed by atoms with Crippen molar-refractivity contribution in [2.24, 2.45) is 11.7 Å². The number of aromatic hydroxyl groups is 1. The average molecular weight is 447 g/mol. The lowest BCUT2D eigenvalue weighted by atomic mass is 10.1. The summed E-state index contributed by atoms with van der Waals surface area (Å²) in [5, 5.41) is 20.3. The van der Waals surface area contributed by atoms with E-state index < -0.39 is 30.1 Å². The van der Waals surface area contributed by atoms with Crippen LogP contribution in [0.2, 0.25) is 0 Å². The van der Waals surface area contributed by atoms with Gasteiger partial charge in [-0.3, -0.25) is 4.79 Å². The highest BCUT2D eigenvalue weighted by Crippen LogP contribution is 2.11. The van der Waals surface area contributed by atoms with Crippen molar-refractivity contribution in [2.45, 2.75) is 39.0 Å². The van der Waals surface area contributed by atoms with Crippen LogP contribution in [0.3, 0.4) is 0 Å². The van der Waals surface area contributed by atoms with Crippen LogP contribution < -0.4 is 11.1 Å². The minimum Gasteiger partial charge on any atom is -0.508 e. The molecule has 0 aliphatic carbocycles. The lowest BCUT2D eigenvalue weighted by molar-refractivity contribution is -0.142. The number of benzene rings is 2. The number of carboxylic acids is 1. The lowest BCUT2D eigenvalue weighted by Gasteiger charge is -2.17. The number of esters is 1. The number of methoxy groups -OCH3 is 1. The van der Waals surface area contributed by atoms with Gasteiger partial charge in [-0.2, -0.15) is 0 Å². The number of hydrogen-bond donors (Lipinski definition) is 4. The lowest BCUT2D eigenvalue weighted by Crippen LogP contribution is -2.44. The second-order valence-corrected chi connectivity index (χ2v) is 7.27. The van der Waals surface area contributed by atoms with Crippen LogP contribution in [-0.2, 0) is 32.1 Å². The van der Waals surface area contributed by atoms with Crippen LogP contribution in [0, 0.1) is 5.92 Å². The summed E-state index contributed by atoms with van der Waals surface area (Å²) in [7, 11) is 1.30. The maximum absolute atomic E-state index is 11.4. The first-order valence-corrected chi connectivity index (χ1v) is 9.95. The van der Waals surface area contributed by atoms with Gasteiger partial charge in [-0.15, -0.1) is 0 Å². The predicted molar refractivity (Wildman–Crippen MR) is 118 cm³/mol. The highest BCUT2D eigenvalue weighted by Gasteiger charge is 2.23. The summed E-state index contributed by atoms with van der Waals surface area (Å²) in [6.45, 7) is 3.56. The van der Waals surface area contributed by atoms with Gasteiger partial charge in [0.15, 0.2) is 0 Å². The van der Waals surface area contributed by atoms with E-state index >= 15 is 0 Å². The zero-order chi connectivity index (χ0) is 24.1. The molecule has 0 saturated heterocycles. The minimum atomic E-state index is -1.07. The Kier molecular flexibility index (Phi) is 11.3. The molecule has 1 amide bonds. The second-order valence-electron chi connectivity index (χ2n) is 7.27. The van der Waals surface area contributed by atoms with Crippen LogP contribution in [0.25, 0.3) is 0 Å². The van der Waals surface area contributed by atoms with E-state index in [2.05, 4.69) is 10.1 Å². The summed E-state index contributed by atoms with van der Waals surface area (Å²) in [5.74, 6) is -1.51. The number of nitrogens with one attached hydrogen (secondary N) is 1. The topological polar surface area (TPSA) is 148 Å². The van der Waals surface area contributed by atoms with E-state index in [4.69, 9.17) is 20.7 Å². The Morgan fingerprint density at radius 1 is 1.00 bits per heavy atom. The van der Waals surface area contributed by atoms with Crippen molar-refractivity contribution in [3.8, 4) is 5.75 Å². The largest absolute Gasteiger partial charge is 0.508 e. The number of amides is 1. The fourth-order valence-electron chi connectivity index (χ4n) is 2.53. The molecule has 2 aromatic carbocycles. The average Bonchev–Trinajstić information content (AvgIpc) is 2.77. The number of hydrogen-bond acceptors (Lipinski definition) is 7. The number of nitrogens with two attached hydrogens (primary N) is 1. The van der Waals surface area contributed by atoms with Crippen LogP contribution >= 0.6 is 0 Å². The molecule has 0 saturated carbocycles. The standard InChI is InChI=1S/C13H17NO4.C10H13NO3/c1-9(2)11(12(15)16)14-13(17)18-8-10-6-4-3-5-7-10;1-14-10(13)9(11)6-7-2-4-8(12)5-3-7/h3-7,9,11H,8H2,1-2H3,(H,14,17)(H,15,16);2-5,9,12H,6,11H2,1H3/t11-;9-/m00/s1. The van der Waals surface area contributed by atoms with Gasteiger partial charge in [0.05, 0.1) is 7.11 Å². The predicted octanol–water partition coefficient (Wildman–Crippen LogP) is 2.46. The summed E-state index contributed by atoms with van der Waals surface area (Å²) >= 11 is 0. The highest BCUT2D eigenvalue weighted by molar-refractivity contribution is 5.80. The number of carboxylic acid groups (broad SMARTS) is 1. The monoisotopic (exact) mass is 446 g/mol. The molecule has 0 spiro atoms. The Bertz CT molecular complexity index is 854. The molecule has 0 bridgehead atoms. The van der Waals surface area contributed by atoms with Crippen molar-refractivity contribution in [3.05, 3.63) is 65.7 Å². The maximum Gasteiger partial charge on any atom is 0.408 e. The third-order valence-corrected chi connectivity index (χ3v) is 4.31. The number of phenolic OH excluding ortho intramolecular Hbond substituents is 1. The molecule has 0 aliphatic heterocycles. The molecule has 0 aliphatic rings. The number of rotatable bonds is 8. The third kappa shape index (κ3) is 9.94. The number of aliphatic carboxylic acids is 1. The molecule has 174 valence electrons. The summed E-state index contributed by atoms with van der Waals surface area (Å²) in [6, 6.07) is 14.2. The molecule has 9 nitrogen and oxygen atoms in total. The van der Waals surface area contributed by atoms with E-state index in [0.29, 0.717) is 6.42 Å². The Morgan fingerprint density at radius 3 is 2.09 bits per heavy atom. The van der Waals surface area contributed by atoms with E-state index in [-0.39, 0.29) is 18.3 Å². The first-order valence-electron chi connectivity index (χ1n) is 9.95. The molecule has 0 radical (unpaired) electrons. The Balaban J connectivity index is 0.000000330. The van der Waals surface area contributed by atoms with Gasteiger partial charge in [0.1, 0.15) is 24.4 Å². The van der Waals surface area contributed by atoms with E-state index in [1.807, 2.05) is 30.3 Å². The van der Waals surface area contributed by atoms with Gasteiger partial charge in [-0.1, -0.05) is 56.3 Å². The smallest absolute Gasteiger partial charge is 0.408 e.